The van der Waals surface area contributed by atoms with Crippen molar-refractivity contribution in [3.8, 4) is 0 Å². The minimum atomic E-state index is -3.79. The number of benzene rings is 4. The van der Waals surface area contributed by atoms with Gasteiger partial charge in [-0.15, -0.1) is 0 Å². The van der Waals surface area contributed by atoms with Crippen LogP contribution in [0.2, 0.25) is 0 Å². The Morgan fingerprint density at radius 3 is 1.13 bits per heavy atom. The Balaban J connectivity index is 1.18. The maximum absolute atomic E-state index is 12.8. The third-order valence-corrected chi connectivity index (χ3v) is 10.3. The maximum atomic E-state index is 12.8. The van der Waals surface area contributed by atoms with Gasteiger partial charge in [0.15, 0.2) is 0 Å². The smallest absolute Gasteiger partial charge is 0.261 e. The summed E-state index contributed by atoms with van der Waals surface area (Å²) in [6.45, 7) is 7.71. The molecule has 242 valence electrons. The molecule has 0 aliphatic heterocycles. The van der Waals surface area contributed by atoms with Crippen molar-refractivity contribution in [2.75, 3.05) is 20.1 Å². The molecule has 4 aromatic carbocycles. The number of hydrogen-bond acceptors (Lipinski definition) is 6. The second-order valence-corrected chi connectivity index (χ2v) is 14.5. The molecule has 0 aliphatic rings. The molecule has 4 N–H and O–H groups in total. The Labute approximate surface area is 270 Å². The van der Waals surface area contributed by atoms with Gasteiger partial charge in [0, 0.05) is 35.6 Å². The van der Waals surface area contributed by atoms with Crippen molar-refractivity contribution < 1.29 is 26.4 Å². The molecule has 46 heavy (non-hydrogen) atoms. The van der Waals surface area contributed by atoms with E-state index in [0.717, 1.165) is 22.3 Å². The molecule has 0 unspecified atom stereocenters. The molecule has 0 fully saturated rings. The number of unbranched alkanes of at least 4 members (excludes halogenated alkanes) is 1. The second-order valence-electron chi connectivity index (χ2n) is 11.2. The van der Waals surface area contributed by atoms with Crippen molar-refractivity contribution >= 4 is 54.6 Å². The Morgan fingerprint density at radius 1 is 0.478 bits per heavy atom. The lowest BCUT2D eigenvalue weighted by Crippen LogP contribution is -2.15. The Morgan fingerprint density at radius 2 is 0.804 bits per heavy atom. The molecule has 12 heteroatoms. The maximum Gasteiger partial charge on any atom is 0.261 e. The molecule has 0 saturated carbocycles. The van der Waals surface area contributed by atoms with Gasteiger partial charge in [0.05, 0.1) is 9.79 Å². The molecule has 0 radical (unpaired) electrons. The summed E-state index contributed by atoms with van der Waals surface area (Å²) in [6, 6.07) is 22.4. The number of rotatable bonds is 13. The summed E-state index contributed by atoms with van der Waals surface area (Å²) in [4.78, 5) is 24.9. The van der Waals surface area contributed by atoms with Crippen molar-refractivity contribution in [1.29, 1.82) is 0 Å². The minimum Gasteiger partial charge on any atom is -0.326 e. The van der Waals surface area contributed by atoms with E-state index in [0.29, 0.717) is 35.6 Å². The zero-order valence-corrected chi connectivity index (χ0v) is 27.8. The van der Waals surface area contributed by atoms with E-state index in [-0.39, 0.29) is 34.4 Å². The Hall–Kier alpha value is -4.68. The number of hydrogen-bond donors (Lipinski definition) is 4. The SMILES string of the molecule is Cc1ccc(NS(=O)(=O)c2ccc(NC(=O)CCCCC(=O)Nc3ccc(S(=O)(=O)Nc4ccc(C)c(C)c4)cc3)cc2)cc1C. The summed E-state index contributed by atoms with van der Waals surface area (Å²) in [6.07, 6.45) is 1.29. The molecule has 0 heterocycles. The van der Waals surface area contributed by atoms with Gasteiger partial charge in [0.25, 0.3) is 20.0 Å². The van der Waals surface area contributed by atoms with E-state index in [1.807, 2.05) is 39.8 Å². The number of carbonyl (C=O) groups is 2. The Kier molecular flexibility index (Phi) is 10.9. The van der Waals surface area contributed by atoms with E-state index < -0.39 is 20.0 Å². The predicted molar refractivity (Wildman–Crippen MR) is 182 cm³/mol. The van der Waals surface area contributed by atoms with Gasteiger partial charge in [-0.05, 0) is 136 Å². The number of carbonyl (C=O) groups excluding carboxylic acids is 2. The van der Waals surface area contributed by atoms with Crippen LogP contribution >= 0.6 is 0 Å². The topological polar surface area (TPSA) is 151 Å². The number of nitrogens with one attached hydrogen (secondary N) is 4. The number of sulfonamides is 2. The molecular formula is C34H38N4O6S2. The molecule has 0 spiro atoms. The highest BCUT2D eigenvalue weighted by Crippen LogP contribution is 2.22. The quantitative estimate of drug-likeness (QED) is 0.118. The van der Waals surface area contributed by atoms with Gasteiger partial charge >= 0.3 is 0 Å². The highest BCUT2D eigenvalue weighted by atomic mass is 32.2. The molecule has 4 aromatic rings. The van der Waals surface area contributed by atoms with E-state index >= 15 is 0 Å². The van der Waals surface area contributed by atoms with Crippen molar-refractivity contribution in [2.24, 2.45) is 0 Å². The summed E-state index contributed by atoms with van der Waals surface area (Å²) in [5.74, 6) is -0.508. The van der Waals surface area contributed by atoms with Gasteiger partial charge in [0.2, 0.25) is 11.8 Å². The lowest BCUT2D eigenvalue weighted by atomic mass is 10.1. The monoisotopic (exact) mass is 662 g/mol. The van der Waals surface area contributed by atoms with Crippen molar-refractivity contribution in [1.82, 2.24) is 0 Å². The molecule has 2 amide bonds. The highest BCUT2D eigenvalue weighted by Gasteiger charge is 2.16. The van der Waals surface area contributed by atoms with Crippen molar-refractivity contribution in [2.45, 2.75) is 63.2 Å². The number of anilines is 4. The van der Waals surface area contributed by atoms with Crippen molar-refractivity contribution in [3.63, 3.8) is 0 Å². The van der Waals surface area contributed by atoms with Crippen LogP contribution in [-0.4, -0.2) is 28.6 Å². The fraction of sp³-hybridized carbons (Fsp3) is 0.235. The molecule has 0 saturated heterocycles. The molecular weight excluding hydrogens is 625 g/mol. The molecule has 0 bridgehead atoms. The lowest BCUT2D eigenvalue weighted by Gasteiger charge is -2.11. The first-order chi connectivity index (χ1) is 21.7. The van der Waals surface area contributed by atoms with Crippen LogP contribution in [0.3, 0.4) is 0 Å². The van der Waals surface area contributed by atoms with Gasteiger partial charge in [0.1, 0.15) is 0 Å². The summed E-state index contributed by atoms with van der Waals surface area (Å²) in [5.41, 5.74) is 5.94. The van der Waals surface area contributed by atoms with Crippen LogP contribution < -0.4 is 20.1 Å². The summed E-state index contributed by atoms with van der Waals surface area (Å²) in [5, 5.41) is 5.48. The highest BCUT2D eigenvalue weighted by molar-refractivity contribution is 7.93. The first kappa shape index (κ1) is 34.2. The van der Waals surface area contributed by atoms with E-state index in [4.69, 9.17) is 0 Å². The van der Waals surface area contributed by atoms with Crippen LogP contribution in [0.1, 0.15) is 47.9 Å². The van der Waals surface area contributed by atoms with Gasteiger partial charge in [-0.1, -0.05) is 12.1 Å². The third kappa shape index (κ3) is 9.41. The third-order valence-electron chi connectivity index (χ3n) is 7.47. The average molecular weight is 663 g/mol. The summed E-state index contributed by atoms with van der Waals surface area (Å²) in [7, 11) is -7.58. The van der Waals surface area contributed by atoms with E-state index in [9.17, 15) is 26.4 Å². The first-order valence-corrected chi connectivity index (χ1v) is 17.7. The standard InChI is InChI=1S/C34H38N4O6S2/c1-23-9-11-29(21-25(23)3)37-45(41,42)31-17-13-27(14-18-31)35-33(39)7-5-6-8-34(40)36-28-15-19-32(20-16-28)46(43,44)38-30-12-10-24(2)26(4)22-30/h9-22,37-38H,5-8H2,1-4H3,(H,35,39)(H,36,40). The van der Waals surface area contributed by atoms with Gasteiger partial charge in [-0.25, -0.2) is 16.8 Å². The van der Waals surface area contributed by atoms with Crippen LogP contribution in [0.15, 0.2) is 94.7 Å². The minimum absolute atomic E-state index is 0.0694. The molecule has 4 rings (SSSR count). The Bertz CT molecular complexity index is 1800. The predicted octanol–water partition coefficient (Wildman–Crippen LogP) is 6.66. The molecule has 0 atom stereocenters. The van der Waals surface area contributed by atoms with Gasteiger partial charge in [-0.3, -0.25) is 19.0 Å². The zero-order valence-electron chi connectivity index (χ0n) is 26.2. The fourth-order valence-corrected chi connectivity index (χ4v) is 6.59. The van der Waals surface area contributed by atoms with Crippen LogP contribution in [-0.2, 0) is 29.6 Å². The fourth-order valence-electron chi connectivity index (χ4n) is 4.49. The zero-order chi connectivity index (χ0) is 33.5. The number of amides is 2. The van der Waals surface area contributed by atoms with Crippen LogP contribution in [0.25, 0.3) is 0 Å². The molecule has 0 aliphatic carbocycles. The largest absolute Gasteiger partial charge is 0.326 e. The number of aryl methyl sites for hydroxylation is 4. The van der Waals surface area contributed by atoms with Crippen LogP contribution in [0.4, 0.5) is 22.7 Å². The normalized spacial score (nSPS) is 11.5. The van der Waals surface area contributed by atoms with Crippen LogP contribution in [0.5, 0.6) is 0 Å². The first-order valence-electron chi connectivity index (χ1n) is 14.7. The second kappa shape index (κ2) is 14.6. The lowest BCUT2D eigenvalue weighted by molar-refractivity contribution is -0.118. The van der Waals surface area contributed by atoms with Gasteiger partial charge in [-0.2, -0.15) is 0 Å². The molecule has 0 aromatic heterocycles. The summed E-state index contributed by atoms with van der Waals surface area (Å²) < 4.78 is 56.1. The summed E-state index contributed by atoms with van der Waals surface area (Å²) >= 11 is 0. The van der Waals surface area contributed by atoms with Crippen LogP contribution in [0, 0.1) is 27.7 Å². The van der Waals surface area contributed by atoms with Crippen molar-refractivity contribution in [3.05, 3.63) is 107 Å². The van der Waals surface area contributed by atoms with E-state index in [1.165, 1.54) is 48.5 Å². The van der Waals surface area contributed by atoms with E-state index in [2.05, 4.69) is 20.1 Å². The average Bonchev–Trinajstić information content (AvgIpc) is 2.99. The van der Waals surface area contributed by atoms with Gasteiger partial charge < -0.3 is 10.6 Å². The molecule has 10 nitrogen and oxygen atoms in total. The van der Waals surface area contributed by atoms with E-state index in [1.54, 1.807) is 24.3 Å².